The number of piperazine rings is 1. The van der Waals surface area contributed by atoms with Crippen LogP contribution < -0.4 is 0 Å². The van der Waals surface area contributed by atoms with Gasteiger partial charge in [0.05, 0.1) is 0 Å². The first-order chi connectivity index (χ1) is 12.1. The van der Waals surface area contributed by atoms with E-state index in [4.69, 9.17) is 4.42 Å². The lowest BCUT2D eigenvalue weighted by Gasteiger charge is -2.34. The summed E-state index contributed by atoms with van der Waals surface area (Å²) in [6.07, 6.45) is 0. The van der Waals surface area contributed by atoms with Gasteiger partial charge in [-0.1, -0.05) is 0 Å². The topological polar surface area (TPSA) is 36.7 Å². The maximum absolute atomic E-state index is 13.4. The third kappa shape index (κ3) is 3.19. The van der Waals surface area contributed by atoms with E-state index in [0.29, 0.717) is 35.4 Å². The summed E-state index contributed by atoms with van der Waals surface area (Å²) in [5.41, 5.74) is 2.58. The summed E-state index contributed by atoms with van der Waals surface area (Å²) in [4.78, 5) is 17.0. The molecule has 0 spiro atoms. The first-order valence-corrected chi connectivity index (χ1v) is 9.27. The summed E-state index contributed by atoms with van der Waals surface area (Å²) >= 11 is 1.71. The van der Waals surface area contributed by atoms with Crippen molar-refractivity contribution >= 4 is 28.2 Å². The molecule has 1 saturated heterocycles. The van der Waals surface area contributed by atoms with Gasteiger partial charge in [0.2, 0.25) is 0 Å². The van der Waals surface area contributed by atoms with E-state index in [9.17, 15) is 9.18 Å². The number of nitrogens with zero attached hydrogens (tertiary/aromatic N) is 2. The molecule has 0 unspecified atom stereocenters. The highest BCUT2D eigenvalue weighted by Crippen LogP contribution is 2.27. The van der Waals surface area contributed by atoms with Crippen molar-refractivity contribution in [1.29, 1.82) is 0 Å². The van der Waals surface area contributed by atoms with Crippen LogP contribution in [0.4, 0.5) is 4.39 Å². The molecule has 3 aromatic rings. The largest absolute Gasteiger partial charge is 0.451 e. The Morgan fingerprint density at radius 3 is 2.76 bits per heavy atom. The Hall–Kier alpha value is -2.18. The second-order valence-electron chi connectivity index (χ2n) is 6.40. The normalized spacial score (nSPS) is 15.8. The molecule has 1 aliphatic heterocycles. The molecule has 0 bridgehead atoms. The van der Waals surface area contributed by atoms with Crippen LogP contribution in [0.1, 0.15) is 21.7 Å². The summed E-state index contributed by atoms with van der Waals surface area (Å²) in [5, 5.41) is 4.91. The number of amides is 1. The molecule has 0 atom stereocenters. The van der Waals surface area contributed by atoms with Gasteiger partial charge in [-0.2, -0.15) is 11.3 Å². The van der Waals surface area contributed by atoms with E-state index in [-0.39, 0.29) is 11.7 Å². The van der Waals surface area contributed by atoms with Crippen molar-refractivity contribution in [2.24, 2.45) is 0 Å². The molecule has 0 saturated carbocycles. The lowest BCUT2D eigenvalue weighted by molar-refractivity contribution is 0.0599. The van der Waals surface area contributed by atoms with E-state index in [0.717, 1.165) is 19.6 Å². The van der Waals surface area contributed by atoms with Gasteiger partial charge < -0.3 is 9.32 Å². The number of fused-ring (bicyclic) bond motifs is 1. The van der Waals surface area contributed by atoms with Crippen molar-refractivity contribution in [2.45, 2.75) is 13.5 Å². The van der Waals surface area contributed by atoms with Crippen LogP contribution in [0.2, 0.25) is 0 Å². The highest BCUT2D eigenvalue weighted by molar-refractivity contribution is 7.07. The lowest BCUT2D eigenvalue weighted by Crippen LogP contribution is -2.48. The number of hydrogen-bond acceptors (Lipinski definition) is 4. The highest BCUT2D eigenvalue weighted by atomic mass is 32.1. The van der Waals surface area contributed by atoms with E-state index in [1.54, 1.807) is 17.4 Å². The van der Waals surface area contributed by atoms with Crippen molar-refractivity contribution in [2.75, 3.05) is 26.2 Å². The van der Waals surface area contributed by atoms with Gasteiger partial charge in [-0.25, -0.2) is 4.39 Å². The zero-order chi connectivity index (χ0) is 17.4. The zero-order valence-electron chi connectivity index (χ0n) is 14.0. The fourth-order valence-corrected chi connectivity index (χ4v) is 3.95. The van der Waals surface area contributed by atoms with E-state index in [1.165, 1.54) is 17.7 Å². The molecule has 0 aliphatic carbocycles. The standard InChI is InChI=1S/C19H19FN2O2S/c1-13-16-10-15(20)2-3-17(16)24-18(13)19(23)22-7-5-21(6-8-22)11-14-4-9-25-12-14/h2-4,9-10,12H,5-8,11H2,1H3. The van der Waals surface area contributed by atoms with Gasteiger partial charge >= 0.3 is 0 Å². The summed E-state index contributed by atoms with van der Waals surface area (Å²) in [6, 6.07) is 6.48. The molecule has 1 aliphatic rings. The molecule has 1 fully saturated rings. The molecule has 6 heteroatoms. The zero-order valence-corrected chi connectivity index (χ0v) is 14.8. The van der Waals surface area contributed by atoms with Crippen LogP contribution in [0.3, 0.4) is 0 Å². The number of carbonyl (C=O) groups excluding carboxylic acids is 1. The molecule has 1 amide bonds. The van der Waals surface area contributed by atoms with Crippen molar-refractivity contribution in [3.8, 4) is 0 Å². The number of thiophene rings is 1. The van der Waals surface area contributed by atoms with Crippen molar-refractivity contribution < 1.29 is 13.6 Å². The van der Waals surface area contributed by atoms with Crippen LogP contribution in [-0.4, -0.2) is 41.9 Å². The Bertz CT molecular complexity index is 896. The van der Waals surface area contributed by atoms with Gasteiger partial charge in [0.25, 0.3) is 5.91 Å². The predicted molar refractivity (Wildman–Crippen MR) is 96.4 cm³/mol. The van der Waals surface area contributed by atoms with Gasteiger partial charge in [-0.05, 0) is 47.5 Å². The first-order valence-electron chi connectivity index (χ1n) is 8.33. The molecule has 0 N–H and O–H groups in total. The number of carbonyl (C=O) groups is 1. The Balaban J connectivity index is 1.46. The third-order valence-electron chi connectivity index (χ3n) is 4.74. The number of aryl methyl sites for hydroxylation is 1. The SMILES string of the molecule is Cc1c(C(=O)N2CCN(Cc3ccsc3)CC2)oc2ccc(F)cc12. The highest BCUT2D eigenvalue weighted by Gasteiger charge is 2.26. The van der Waals surface area contributed by atoms with Crippen LogP contribution >= 0.6 is 11.3 Å². The smallest absolute Gasteiger partial charge is 0.289 e. The van der Waals surface area contributed by atoms with Gasteiger partial charge in [0.15, 0.2) is 5.76 Å². The van der Waals surface area contributed by atoms with Crippen LogP contribution in [0.5, 0.6) is 0 Å². The van der Waals surface area contributed by atoms with Gasteiger partial charge in [-0.15, -0.1) is 0 Å². The second kappa shape index (κ2) is 6.61. The maximum Gasteiger partial charge on any atom is 0.289 e. The van der Waals surface area contributed by atoms with Crippen LogP contribution in [0.15, 0.2) is 39.4 Å². The molecule has 3 heterocycles. The average Bonchev–Trinajstić information content (AvgIpc) is 3.23. The molecule has 2 aromatic heterocycles. The number of halogens is 1. The van der Waals surface area contributed by atoms with Crippen molar-refractivity contribution in [1.82, 2.24) is 9.80 Å². The van der Waals surface area contributed by atoms with Gasteiger partial charge in [0, 0.05) is 43.7 Å². The third-order valence-corrected chi connectivity index (χ3v) is 5.47. The number of rotatable bonds is 3. The van der Waals surface area contributed by atoms with Gasteiger partial charge in [-0.3, -0.25) is 9.69 Å². The number of benzene rings is 1. The molecular weight excluding hydrogens is 339 g/mol. The van der Waals surface area contributed by atoms with Crippen LogP contribution in [-0.2, 0) is 6.54 Å². The average molecular weight is 358 g/mol. The molecular formula is C19H19FN2O2S. The van der Waals surface area contributed by atoms with E-state index in [2.05, 4.69) is 21.7 Å². The molecule has 130 valence electrons. The minimum atomic E-state index is -0.322. The predicted octanol–water partition coefficient (Wildman–Crippen LogP) is 3.90. The minimum Gasteiger partial charge on any atom is -0.451 e. The summed E-state index contributed by atoms with van der Waals surface area (Å²) in [5.74, 6) is -0.103. The Morgan fingerprint density at radius 2 is 2.04 bits per heavy atom. The summed E-state index contributed by atoms with van der Waals surface area (Å²) in [6.45, 7) is 5.77. The molecule has 4 rings (SSSR count). The maximum atomic E-state index is 13.4. The van der Waals surface area contributed by atoms with Crippen LogP contribution in [0, 0.1) is 12.7 Å². The number of hydrogen-bond donors (Lipinski definition) is 0. The van der Waals surface area contributed by atoms with Gasteiger partial charge in [0.1, 0.15) is 11.4 Å². The first kappa shape index (κ1) is 16.3. The van der Waals surface area contributed by atoms with Crippen molar-refractivity contribution in [3.05, 3.63) is 57.7 Å². The van der Waals surface area contributed by atoms with E-state index in [1.807, 2.05) is 11.8 Å². The Labute approximate surface area is 149 Å². The quantitative estimate of drug-likeness (QED) is 0.712. The van der Waals surface area contributed by atoms with E-state index >= 15 is 0 Å². The second-order valence-corrected chi connectivity index (χ2v) is 7.18. The Kier molecular flexibility index (Phi) is 4.31. The molecule has 25 heavy (non-hydrogen) atoms. The summed E-state index contributed by atoms with van der Waals surface area (Å²) < 4.78 is 19.1. The molecule has 4 nitrogen and oxygen atoms in total. The van der Waals surface area contributed by atoms with E-state index < -0.39 is 0 Å². The van der Waals surface area contributed by atoms with Crippen LogP contribution in [0.25, 0.3) is 11.0 Å². The summed E-state index contributed by atoms with van der Waals surface area (Å²) in [7, 11) is 0. The minimum absolute atomic E-state index is 0.107. The lowest BCUT2D eigenvalue weighted by atomic mass is 10.1. The molecule has 0 radical (unpaired) electrons. The number of furan rings is 1. The Morgan fingerprint density at radius 1 is 1.24 bits per heavy atom. The molecule has 1 aromatic carbocycles. The monoisotopic (exact) mass is 358 g/mol. The fraction of sp³-hybridized carbons (Fsp3) is 0.316. The fourth-order valence-electron chi connectivity index (χ4n) is 3.29. The van der Waals surface area contributed by atoms with Crippen molar-refractivity contribution in [3.63, 3.8) is 0 Å².